The molecule has 0 bridgehead atoms. The molecule has 0 amide bonds. The van der Waals surface area contributed by atoms with E-state index in [4.69, 9.17) is 16.6 Å². The van der Waals surface area contributed by atoms with Crippen LogP contribution in [0.1, 0.15) is 22.9 Å². The van der Waals surface area contributed by atoms with Crippen LogP contribution in [0, 0.1) is 0 Å². The van der Waals surface area contributed by atoms with E-state index in [9.17, 15) is 0 Å². The van der Waals surface area contributed by atoms with Crippen molar-refractivity contribution in [2.24, 2.45) is 0 Å². The molecule has 25 heavy (non-hydrogen) atoms. The van der Waals surface area contributed by atoms with Gasteiger partial charge in [0.2, 0.25) is 0 Å². The zero-order valence-corrected chi connectivity index (χ0v) is 16.0. The van der Waals surface area contributed by atoms with Gasteiger partial charge in [0.25, 0.3) is 0 Å². The molecule has 1 atom stereocenters. The summed E-state index contributed by atoms with van der Waals surface area (Å²) in [6.07, 6.45) is 3.61. The number of nitrogens with one attached hydrogen (secondary N) is 1. The molecule has 0 spiro atoms. The van der Waals surface area contributed by atoms with Gasteiger partial charge in [-0.15, -0.1) is 22.7 Å². The first-order valence-electron chi connectivity index (χ1n) is 7.97. The molecule has 0 aliphatic rings. The number of halogens is 1. The number of thiazole rings is 1. The molecule has 126 valence electrons. The van der Waals surface area contributed by atoms with E-state index in [0.29, 0.717) is 0 Å². The molecule has 0 fully saturated rings. The fourth-order valence-corrected chi connectivity index (χ4v) is 4.96. The number of hydrogen-bond donors (Lipinski definition) is 1. The number of pyridine rings is 1. The lowest BCUT2D eigenvalue weighted by Gasteiger charge is -2.10. The second-order valence-corrected chi connectivity index (χ2v) is 8.16. The Balaban J connectivity index is 1.48. The van der Waals surface area contributed by atoms with Crippen LogP contribution in [0.3, 0.4) is 0 Å². The maximum absolute atomic E-state index is 6.52. The summed E-state index contributed by atoms with van der Waals surface area (Å²) in [7, 11) is 0. The minimum absolute atomic E-state index is 0.164. The van der Waals surface area contributed by atoms with Crippen LogP contribution in [0.4, 0.5) is 0 Å². The lowest BCUT2D eigenvalue weighted by atomic mass is 10.2. The Morgan fingerprint density at radius 1 is 1.20 bits per heavy atom. The normalized spacial score (nSPS) is 12.6. The molecule has 0 aliphatic heterocycles. The number of benzene rings is 1. The SMILES string of the molecule is C[C@@H](NCc1sc2ccccc2c1Cl)c1nc(-c2cccnc2)cs1. The van der Waals surface area contributed by atoms with Crippen LogP contribution in [-0.4, -0.2) is 9.97 Å². The third-order valence-electron chi connectivity index (χ3n) is 4.02. The van der Waals surface area contributed by atoms with Gasteiger partial charge < -0.3 is 5.32 Å². The summed E-state index contributed by atoms with van der Waals surface area (Å²) in [6, 6.07) is 12.4. The molecule has 0 radical (unpaired) electrons. The monoisotopic (exact) mass is 385 g/mol. The Hall–Kier alpha value is -1.79. The molecule has 6 heteroatoms. The molecule has 1 N–H and O–H groups in total. The third-order valence-corrected chi connectivity index (χ3v) is 6.76. The van der Waals surface area contributed by atoms with E-state index >= 15 is 0 Å². The standard InChI is InChI=1S/C19H16ClN3S2/c1-12(19-23-15(11-24-19)13-5-4-8-21-9-13)22-10-17-18(20)14-6-2-3-7-16(14)25-17/h2-9,11-12,22H,10H2,1H3/t12-/m1/s1. The van der Waals surface area contributed by atoms with Gasteiger partial charge in [-0.05, 0) is 25.1 Å². The minimum Gasteiger partial charge on any atom is -0.303 e. The molecule has 4 rings (SSSR count). The first-order valence-corrected chi connectivity index (χ1v) is 10.0. The summed E-state index contributed by atoms with van der Waals surface area (Å²) in [5, 5.41) is 8.67. The smallest absolute Gasteiger partial charge is 0.110 e. The van der Waals surface area contributed by atoms with E-state index in [1.54, 1.807) is 28.9 Å². The van der Waals surface area contributed by atoms with Gasteiger partial charge in [-0.25, -0.2) is 4.98 Å². The third kappa shape index (κ3) is 3.46. The van der Waals surface area contributed by atoms with Crippen LogP contribution >= 0.6 is 34.3 Å². The van der Waals surface area contributed by atoms with E-state index in [1.807, 2.05) is 30.5 Å². The Labute approximate surface area is 159 Å². The van der Waals surface area contributed by atoms with Crippen molar-refractivity contribution in [1.29, 1.82) is 0 Å². The van der Waals surface area contributed by atoms with Gasteiger partial charge in [0.05, 0.1) is 16.8 Å². The lowest BCUT2D eigenvalue weighted by Crippen LogP contribution is -2.17. The quantitative estimate of drug-likeness (QED) is 0.463. The van der Waals surface area contributed by atoms with Crippen molar-refractivity contribution in [3.8, 4) is 11.3 Å². The zero-order chi connectivity index (χ0) is 17.2. The highest BCUT2D eigenvalue weighted by Gasteiger charge is 2.14. The van der Waals surface area contributed by atoms with Crippen LogP contribution in [-0.2, 0) is 6.54 Å². The van der Waals surface area contributed by atoms with E-state index in [0.717, 1.165) is 33.2 Å². The van der Waals surface area contributed by atoms with E-state index in [-0.39, 0.29) is 6.04 Å². The minimum atomic E-state index is 0.164. The van der Waals surface area contributed by atoms with Crippen LogP contribution in [0.15, 0.2) is 54.2 Å². The largest absolute Gasteiger partial charge is 0.303 e. The first kappa shape index (κ1) is 16.7. The second-order valence-electron chi connectivity index (χ2n) is 5.75. The Morgan fingerprint density at radius 3 is 2.88 bits per heavy atom. The molecule has 3 heterocycles. The Kier molecular flexibility index (Phi) is 4.81. The summed E-state index contributed by atoms with van der Waals surface area (Å²) < 4.78 is 1.23. The maximum Gasteiger partial charge on any atom is 0.110 e. The highest BCUT2D eigenvalue weighted by atomic mass is 35.5. The highest BCUT2D eigenvalue weighted by Crippen LogP contribution is 2.35. The van der Waals surface area contributed by atoms with Crippen molar-refractivity contribution in [3.63, 3.8) is 0 Å². The molecule has 0 saturated carbocycles. The summed E-state index contributed by atoms with van der Waals surface area (Å²) in [6.45, 7) is 2.87. The van der Waals surface area contributed by atoms with Gasteiger partial charge in [0.15, 0.2) is 0 Å². The number of nitrogens with zero attached hydrogens (tertiary/aromatic N) is 2. The average molecular weight is 386 g/mol. The summed E-state index contributed by atoms with van der Waals surface area (Å²) >= 11 is 9.93. The van der Waals surface area contributed by atoms with Crippen molar-refractivity contribution in [2.45, 2.75) is 19.5 Å². The predicted octanol–water partition coefficient (Wildman–Crippen LogP) is 5.92. The molecule has 3 nitrogen and oxygen atoms in total. The lowest BCUT2D eigenvalue weighted by molar-refractivity contribution is 0.576. The van der Waals surface area contributed by atoms with Crippen molar-refractivity contribution in [1.82, 2.24) is 15.3 Å². The molecular weight excluding hydrogens is 370 g/mol. The van der Waals surface area contributed by atoms with Gasteiger partial charge in [-0.1, -0.05) is 29.8 Å². The molecular formula is C19H16ClN3S2. The van der Waals surface area contributed by atoms with E-state index < -0.39 is 0 Å². The average Bonchev–Trinajstić information content (AvgIpc) is 3.26. The van der Waals surface area contributed by atoms with Crippen LogP contribution < -0.4 is 5.32 Å². The van der Waals surface area contributed by atoms with Crippen molar-refractivity contribution in [2.75, 3.05) is 0 Å². The second kappa shape index (κ2) is 7.22. The number of hydrogen-bond acceptors (Lipinski definition) is 5. The molecule has 3 aromatic heterocycles. The Morgan fingerprint density at radius 2 is 2.08 bits per heavy atom. The maximum atomic E-state index is 6.52. The number of fused-ring (bicyclic) bond motifs is 1. The fourth-order valence-electron chi connectivity index (χ4n) is 2.64. The van der Waals surface area contributed by atoms with E-state index in [2.05, 4.69) is 34.7 Å². The van der Waals surface area contributed by atoms with Crippen LogP contribution in [0.25, 0.3) is 21.3 Å². The van der Waals surface area contributed by atoms with Crippen LogP contribution in [0.5, 0.6) is 0 Å². The van der Waals surface area contributed by atoms with Gasteiger partial charge in [0, 0.05) is 44.8 Å². The molecule has 0 aliphatic carbocycles. The van der Waals surface area contributed by atoms with Crippen molar-refractivity contribution < 1.29 is 0 Å². The van der Waals surface area contributed by atoms with Gasteiger partial charge in [-0.2, -0.15) is 0 Å². The van der Waals surface area contributed by atoms with Crippen molar-refractivity contribution in [3.05, 3.63) is 69.1 Å². The van der Waals surface area contributed by atoms with Crippen LogP contribution in [0.2, 0.25) is 5.02 Å². The molecule has 1 aromatic carbocycles. The van der Waals surface area contributed by atoms with E-state index in [1.165, 1.54) is 9.58 Å². The topological polar surface area (TPSA) is 37.8 Å². The van der Waals surface area contributed by atoms with Gasteiger partial charge in [-0.3, -0.25) is 4.98 Å². The highest BCUT2D eigenvalue weighted by molar-refractivity contribution is 7.19. The summed E-state index contributed by atoms with van der Waals surface area (Å²) in [4.78, 5) is 10.1. The predicted molar refractivity (Wildman–Crippen MR) is 107 cm³/mol. The number of rotatable bonds is 5. The zero-order valence-electron chi connectivity index (χ0n) is 13.6. The molecule has 0 saturated heterocycles. The summed E-state index contributed by atoms with van der Waals surface area (Å²) in [5.74, 6) is 0. The van der Waals surface area contributed by atoms with Gasteiger partial charge in [0.1, 0.15) is 5.01 Å². The Bertz CT molecular complexity index is 994. The molecule has 4 aromatic rings. The number of aromatic nitrogens is 2. The first-order chi connectivity index (χ1) is 12.2. The fraction of sp³-hybridized carbons (Fsp3) is 0.158. The number of thiophene rings is 1. The van der Waals surface area contributed by atoms with Gasteiger partial charge >= 0.3 is 0 Å². The van der Waals surface area contributed by atoms with Crippen molar-refractivity contribution >= 4 is 44.4 Å². The summed E-state index contributed by atoms with van der Waals surface area (Å²) in [5.41, 5.74) is 2.02. The molecule has 0 unspecified atom stereocenters.